The second kappa shape index (κ2) is 3.52. The summed E-state index contributed by atoms with van der Waals surface area (Å²) in [7, 11) is 1.69. The van der Waals surface area contributed by atoms with E-state index in [0.717, 1.165) is 0 Å². The Kier molecular flexibility index (Phi) is 3.18. The van der Waals surface area contributed by atoms with Crippen LogP contribution in [0.15, 0.2) is 0 Å². The van der Waals surface area contributed by atoms with Crippen molar-refractivity contribution in [2.24, 2.45) is 0 Å². The van der Waals surface area contributed by atoms with Gasteiger partial charge < -0.3 is 0 Å². The highest BCUT2D eigenvalue weighted by Gasteiger charge is 1.59. The van der Waals surface area contributed by atoms with Gasteiger partial charge in [-0.2, -0.15) is 0 Å². The predicted octanol–water partition coefficient (Wildman–Crippen LogP) is -0.146. The average Bonchev–Trinajstić information content (AvgIpc) is 1.41. The van der Waals surface area contributed by atoms with E-state index in [-0.39, 0.29) is 0 Å². The highest BCUT2D eigenvalue weighted by Crippen LogP contribution is 1.42. The minimum Gasteiger partial charge on any atom is -0.232 e. The Hall–Kier alpha value is -0.480. The van der Waals surface area contributed by atoms with E-state index in [4.69, 9.17) is 6.42 Å². The van der Waals surface area contributed by atoms with Gasteiger partial charge in [0.05, 0.1) is 6.54 Å². The fourth-order valence-corrected chi connectivity index (χ4v) is 0.0913. The third-order valence-corrected chi connectivity index (χ3v) is 0.249. The van der Waals surface area contributed by atoms with Gasteiger partial charge in [-0.05, 0) is 0 Å². The van der Waals surface area contributed by atoms with Crippen LogP contribution in [0.3, 0.4) is 0 Å². The molecule has 0 amide bonds. The SMILES string of the molecule is C#CC[N]C. The maximum absolute atomic E-state index is 4.80. The molecular formula is C4H6N. The molecule has 5 heavy (non-hydrogen) atoms. The van der Waals surface area contributed by atoms with Gasteiger partial charge in [-0.3, -0.25) is 0 Å². The summed E-state index contributed by atoms with van der Waals surface area (Å²) in [4.78, 5) is 0. The molecule has 0 atom stereocenters. The minimum atomic E-state index is 0.542. The molecule has 0 heterocycles. The van der Waals surface area contributed by atoms with E-state index in [9.17, 15) is 0 Å². The maximum Gasteiger partial charge on any atom is 0.0739 e. The van der Waals surface area contributed by atoms with Gasteiger partial charge in [-0.1, -0.05) is 5.92 Å². The summed E-state index contributed by atoms with van der Waals surface area (Å²) in [5.41, 5.74) is 0. The number of terminal acetylenes is 1. The summed E-state index contributed by atoms with van der Waals surface area (Å²) in [6.45, 7) is 0.542. The van der Waals surface area contributed by atoms with Crippen LogP contribution in [0.5, 0.6) is 0 Å². The van der Waals surface area contributed by atoms with Crippen LogP contribution in [-0.2, 0) is 0 Å². The van der Waals surface area contributed by atoms with E-state index in [1.165, 1.54) is 0 Å². The van der Waals surface area contributed by atoms with Crippen molar-refractivity contribution in [3.63, 3.8) is 0 Å². The number of hydrogen-bond donors (Lipinski definition) is 0. The molecule has 0 aromatic rings. The summed E-state index contributed by atoms with van der Waals surface area (Å²) in [5.74, 6) is 2.35. The first-order valence-electron chi connectivity index (χ1n) is 1.41. The third-order valence-electron chi connectivity index (χ3n) is 0.249. The molecule has 1 nitrogen and oxygen atoms in total. The Morgan fingerprint density at radius 3 is 2.60 bits per heavy atom. The fourth-order valence-electron chi connectivity index (χ4n) is 0.0913. The lowest BCUT2D eigenvalue weighted by Crippen LogP contribution is -1.93. The third kappa shape index (κ3) is 3.52. The second-order valence-electron chi connectivity index (χ2n) is 0.678. The summed E-state index contributed by atoms with van der Waals surface area (Å²) >= 11 is 0. The molecule has 1 heteroatoms. The van der Waals surface area contributed by atoms with Crippen LogP contribution in [0.25, 0.3) is 0 Å². The molecule has 0 unspecified atom stereocenters. The van der Waals surface area contributed by atoms with Gasteiger partial charge >= 0.3 is 0 Å². The van der Waals surface area contributed by atoms with Crippen LogP contribution in [-0.4, -0.2) is 13.6 Å². The molecule has 0 N–H and O–H groups in total. The fraction of sp³-hybridized carbons (Fsp3) is 0.500. The highest BCUT2D eigenvalue weighted by molar-refractivity contribution is 4.85. The quantitative estimate of drug-likeness (QED) is 0.379. The van der Waals surface area contributed by atoms with Crippen molar-refractivity contribution < 1.29 is 0 Å². The molecule has 0 aliphatic rings. The zero-order chi connectivity index (χ0) is 4.12. The second-order valence-corrected chi connectivity index (χ2v) is 0.678. The molecule has 0 saturated carbocycles. The van der Waals surface area contributed by atoms with Gasteiger partial charge in [0.15, 0.2) is 0 Å². The van der Waals surface area contributed by atoms with E-state index < -0.39 is 0 Å². The molecule has 0 bridgehead atoms. The van der Waals surface area contributed by atoms with Gasteiger partial charge in [0.25, 0.3) is 0 Å². The van der Waals surface area contributed by atoms with Crippen LogP contribution < -0.4 is 5.32 Å². The van der Waals surface area contributed by atoms with Gasteiger partial charge in [0.2, 0.25) is 0 Å². The topological polar surface area (TPSA) is 14.1 Å². The van der Waals surface area contributed by atoms with E-state index in [1.54, 1.807) is 7.05 Å². The molecule has 0 saturated heterocycles. The molecule has 0 aromatic carbocycles. The first-order chi connectivity index (χ1) is 2.41. The van der Waals surface area contributed by atoms with Gasteiger partial charge in [-0.15, -0.1) is 6.42 Å². The molecular weight excluding hydrogens is 62.1 g/mol. The lowest BCUT2D eigenvalue weighted by Gasteiger charge is -1.72. The van der Waals surface area contributed by atoms with E-state index >= 15 is 0 Å². The Morgan fingerprint density at radius 2 is 2.60 bits per heavy atom. The molecule has 0 aliphatic heterocycles. The Bertz CT molecular complexity index is 42.1. The Balaban J connectivity index is 2.48. The lowest BCUT2D eigenvalue weighted by molar-refractivity contribution is 0.917. The average molecular weight is 68.1 g/mol. The smallest absolute Gasteiger partial charge is 0.0739 e. The summed E-state index contributed by atoms with van der Waals surface area (Å²) in [5, 5.41) is 3.62. The molecule has 0 spiro atoms. The summed E-state index contributed by atoms with van der Waals surface area (Å²) < 4.78 is 0. The number of hydrogen-bond acceptors (Lipinski definition) is 0. The van der Waals surface area contributed by atoms with E-state index in [0.29, 0.717) is 6.54 Å². The molecule has 1 radical (unpaired) electrons. The van der Waals surface area contributed by atoms with Crippen molar-refractivity contribution in [1.82, 2.24) is 5.32 Å². The molecule has 27 valence electrons. The highest BCUT2D eigenvalue weighted by atomic mass is 14.8. The standard InChI is InChI=1S/C4H6N/c1-3-4-5-2/h1H,4H2,2H3. The van der Waals surface area contributed by atoms with Crippen LogP contribution in [0.2, 0.25) is 0 Å². The number of nitrogens with zero attached hydrogens (tertiary/aromatic N) is 1. The first-order valence-corrected chi connectivity index (χ1v) is 1.41. The number of rotatable bonds is 1. The van der Waals surface area contributed by atoms with Crippen molar-refractivity contribution in [2.75, 3.05) is 13.6 Å². The van der Waals surface area contributed by atoms with E-state index in [1.807, 2.05) is 0 Å². The Labute approximate surface area is 32.4 Å². The van der Waals surface area contributed by atoms with E-state index in [2.05, 4.69) is 11.2 Å². The molecule has 0 rings (SSSR count). The Morgan fingerprint density at radius 1 is 2.00 bits per heavy atom. The zero-order valence-corrected chi connectivity index (χ0v) is 3.23. The predicted molar refractivity (Wildman–Crippen MR) is 21.8 cm³/mol. The van der Waals surface area contributed by atoms with Crippen LogP contribution in [0.1, 0.15) is 0 Å². The normalized spacial score (nSPS) is 6.40. The van der Waals surface area contributed by atoms with Crippen molar-refractivity contribution in [3.8, 4) is 12.3 Å². The molecule has 0 fully saturated rings. The van der Waals surface area contributed by atoms with Gasteiger partial charge in [0, 0.05) is 7.05 Å². The van der Waals surface area contributed by atoms with Crippen molar-refractivity contribution >= 4 is 0 Å². The monoisotopic (exact) mass is 68.1 g/mol. The molecule has 0 aromatic heterocycles. The van der Waals surface area contributed by atoms with Crippen LogP contribution >= 0.6 is 0 Å². The maximum atomic E-state index is 4.80. The minimum absolute atomic E-state index is 0.542. The zero-order valence-electron chi connectivity index (χ0n) is 3.23. The summed E-state index contributed by atoms with van der Waals surface area (Å²) in [6.07, 6.45) is 4.80. The largest absolute Gasteiger partial charge is 0.232 e. The molecule has 0 aliphatic carbocycles. The van der Waals surface area contributed by atoms with Crippen molar-refractivity contribution in [1.29, 1.82) is 0 Å². The first kappa shape index (κ1) is 4.52. The summed E-state index contributed by atoms with van der Waals surface area (Å²) in [6, 6.07) is 0. The van der Waals surface area contributed by atoms with Crippen LogP contribution in [0.4, 0.5) is 0 Å². The lowest BCUT2D eigenvalue weighted by atomic mass is 10.7. The van der Waals surface area contributed by atoms with Crippen molar-refractivity contribution in [3.05, 3.63) is 0 Å². The van der Waals surface area contributed by atoms with Crippen LogP contribution in [0, 0.1) is 12.3 Å². The van der Waals surface area contributed by atoms with Gasteiger partial charge in [0.1, 0.15) is 0 Å². The van der Waals surface area contributed by atoms with Crippen molar-refractivity contribution in [2.45, 2.75) is 0 Å². The van der Waals surface area contributed by atoms with Gasteiger partial charge in [-0.25, -0.2) is 5.32 Å².